The summed E-state index contributed by atoms with van der Waals surface area (Å²) in [5, 5.41) is 9.51. The normalized spacial score (nSPS) is 16.6. The zero-order valence-corrected chi connectivity index (χ0v) is 17.0. The van der Waals surface area contributed by atoms with Crippen LogP contribution in [0.2, 0.25) is 0 Å². The predicted molar refractivity (Wildman–Crippen MR) is 113 cm³/mol. The number of benzene rings is 2. The minimum absolute atomic E-state index is 0.0481. The fourth-order valence-corrected chi connectivity index (χ4v) is 3.14. The molecule has 0 atom stereocenters. The molecule has 0 spiro atoms. The van der Waals surface area contributed by atoms with Crippen LogP contribution in [0, 0.1) is 11.2 Å². The number of ether oxygens (including phenoxy) is 2. The van der Waals surface area contributed by atoms with Gasteiger partial charge < -0.3 is 14.3 Å². The molecule has 0 bridgehead atoms. The van der Waals surface area contributed by atoms with Crippen molar-refractivity contribution in [3.8, 4) is 11.5 Å². The molecule has 0 unspecified atom stereocenters. The van der Waals surface area contributed by atoms with Gasteiger partial charge in [-0.25, -0.2) is 4.39 Å². The molecule has 158 valence electrons. The Balaban J connectivity index is 1.58. The van der Waals surface area contributed by atoms with Gasteiger partial charge in [0.2, 0.25) is 0 Å². The van der Waals surface area contributed by atoms with Crippen LogP contribution in [0.1, 0.15) is 25.0 Å². The van der Waals surface area contributed by atoms with Crippen molar-refractivity contribution in [3.63, 3.8) is 0 Å². The van der Waals surface area contributed by atoms with E-state index in [0.717, 1.165) is 0 Å². The van der Waals surface area contributed by atoms with E-state index in [1.54, 1.807) is 55.5 Å². The van der Waals surface area contributed by atoms with E-state index in [1.165, 1.54) is 11.1 Å². The van der Waals surface area contributed by atoms with Crippen LogP contribution >= 0.6 is 0 Å². The minimum Gasteiger partial charge on any atom is -0.490 e. The molecule has 2 aliphatic heterocycles. The largest absolute Gasteiger partial charge is 0.490 e. The number of hydrogen-bond donors (Lipinski definition) is 1. The van der Waals surface area contributed by atoms with E-state index in [1.807, 2.05) is 6.92 Å². The molecular weight excluding hydrogens is 401 g/mol. The Morgan fingerprint density at radius 1 is 1.19 bits per heavy atom. The van der Waals surface area contributed by atoms with E-state index >= 15 is 0 Å². The number of allylic oxidation sites excluding steroid dienone is 1. The van der Waals surface area contributed by atoms with Gasteiger partial charge in [-0.05, 0) is 43.7 Å². The average molecular weight is 421 g/mol. The number of hydroxylamine groups is 2. The summed E-state index contributed by atoms with van der Waals surface area (Å²) in [7, 11) is 0. The standard InChI is InChI=1S/C23H20FN3O4/c1-3-29-20-12-15(8-9-19(20)30-13-16-6-4-5-7-18(16)24)11-17-22(25)27-21(26-23(17)28)10-14(2)31-27/h4-12,25H,3,13H2,1-2H3/b17-11+,25-22?. The average Bonchev–Trinajstić information content (AvgIpc) is 3.12. The lowest BCUT2D eigenvalue weighted by molar-refractivity contribution is -0.114. The first-order chi connectivity index (χ1) is 15.0. The summed E-state index contributed by atoms with van der Waals surface area (Å²) in [5.74, 6) is 0.765. The van der Waals surface area contributed by atoms with Crippen molar-refractivity contribution < 1.29 is 23.5 Å². The molecule has 2 aliphatic rings. The third-order valence-electron chi connectivity index (χ3n) is 4.60. The van der Waals surface area contributed by atoms with Crippen molar-refractivity contribution in [1.82, 2.24) is 5.06 Å². The molecule has 2 heterocycles. The van der Waals surface area contributed by atoms with Crippen LogP contribution < -0.4 is 9.47 Å². The van der Waals surface area contributed by atoms with Gasteiger partial charge in [-0.1, -0.05) is 24.3 Å². The lowest BCUT2D eigenvalue weighted by atomic mass is 10.1. The first-order valence-corrected chi connectivity index (χ1v) is 9.69. The van der Waals surface area contributed by atoms with Crippen LogP contribution in [0.25, 0.3) is 6.08 Å². The van der Waals surface area contributed by atoms with Crippen molar-refractivity contribution in [2.75, 3.05) is 6.61 Å². The van der Waals surface area contributed by atoms with Crippen molar-refractivity contribution in [3.05, 3.63) is 76.8 Å². The highest BCUT2D eigenvalue weighted by molar-refractivity contribution is 6.32. The van der Waals surface area contributed by atoms with E-state index in [-0.39, 0.29) is 29.7 Å². The zero-order valence-electron chi connectivity index (χ0n) is 17.0. The summed E-state index contributed by atoms with van der Waals surface area (Å²) in [6, 6.07) is 11.5. The number of carbonyl (C=O) groups excluding carboxylic acids is 1. The van der Waals surface area contributed by atoms with Gasteiger partial charge in [0.15, 0.2) is 23.2 Å². The third-order valence-corrected chi connectivity index (χ3v) is 4.60. The molecule has 0 fully saturated rings. The minimum atomic E-state index is -0.524. The Kier molecular flexibility index (Phi) is 5.53. The Morgan fingerprint density at radius 2 is 2.00 bits per heavy atom. The number of aliphatic imine (C=N–C) groups is 1. The lowest BCUT2D eigenvalue weighted by Gasteiger charge is -2.23. The molecule has 8 heteroatoms. The monoisotopic (exact) mass is 421 g/mol. The molecule has 4 rings (SSSR count). The van der Waals surface area contributed by atoms with Crippen LogP contribution in [0.3, 0.4) is 0 Å². The number of amidine groups is 2. The number of nitrogens with zero attached hydrogens (tertiary/aromatic N) is 2. The van der Waals surface area contributed by atoms with Crippen LogP contribution in [0.5, 0.6) is 11.5 Å². The summed E-state index contributed by atoms with van der Waals surface area (Å²) < 4.78 is 25.3. The molecule has 2 aromatic carbocycles. The van der Waals surface area contributed by atoms with Crippen molar-refractivity contribution in [1.29, 1.82) is 5.41 Å². The maximum absolute atomic E-state index is 13.9. The Morgan fingerprint density at radius 3 is 2.77 bits per heavy atom. The van der Waals surface area contributed by atoms with Gasteiger partial charge in [-0.2, -0.15) is 4.99 Å². The maximum Gasteiger partial charge on any atom is 0.282 e. The fraction of sp³-hybridized carbons (Fsp3) is 0.174. The molecule has 0 aliphatic carbocycles. The molecule has 0 aromatic heterocycles. The molecule has 1 N–H and O–H groups in total. The summed E-state index contributed by atoms with van der Waals surface area (Å²) in [6.07, 6.45) is 3.14. The van der Waals surface area contributed by atoms with Crippen LogP contribution in [-0.4, -0.2) is 29.2 Å². The number of hydrogen-bond acceptors (Lipinski definition) is 5. The van der Waals surface area contributed by atoms with E-state index < -0.39 is 5.91 Å². The fourth-order valence-electron chi connectivity index (χ4n) is 3.14. The Bertz CT molecular complexity index is 1150. The number of fused-ring (bicyclic) bond motifs is 1. The molecular formula is C23H20FN3O4. The first-order valence-electron chi connectivity index (χ1n) is 9.69. The van der Waals surface area contributed by atoms with Gasteiger partial charge in [0, 0.05) is 11.6 Å². The van der Waals surface area contributed by atoms with Crippen LogP contribution in [0.15, 0.2) is 64.9 Å². The van der Waals surface area contributed by atoms with Gasteiger partial charge in [-0.3, -0.25) is 10.2 Å². The summed E-state index contributed by atoms with van der Waals surface area (Å²) >= 11 is 0. The number of amides is 1. The van der Waals surface area contributed by atoms with Gasteiger partial charge in [0.05, 0.1) is 12.2 Å². The van der Waals surface area contributed by atoms with Gasteiger partial charge >= 0.3 is 0 Å². The number of rotatable bonds is 6. The number of halogens is 1. The SMILES string of the molecule is CCOc1cc(/C=C2\C(=N)N3OC(C)=CC3=NC2=O)ccc1OCc1ccccc1F. The highest BCUT2D eigenvalue weighted by atomic mass is 19.1. The number of nitrogens with one attached hydrogen (secondary N) is 1. The highest BCUT2D eigenvalue weighted by Crippen LogP contribution is 2.31. The second-order valence-electron chi connectivity index (χ2n) is 6.84. The summed E-state index contributed by atoms with van der Waals surface area (Å²) in [5.41, 5.74) is 1.15. The van der Waals surface area contributed by atoms with Gasteiger partial charge in [-0.15, -0.1) is 5.06 Å². The molecule has 0 radical (unpaired) electrons. The first kappa shape index (κ1) is 20.3. The molecule has 0 saturated heterocycles. The van der Waals surface area contributed by atoms with E-state index in [0.29, 0.717) is 35.0 Å². The van der Waals surface area contributed by atoms with Crippen LogP contribution in [0.4, 0.5) is 4.39 Å². The maximum atomic E-state index is 13.9. The van der Waals surface area contributed by atoms with E-state index in [4.69, 9.17) is 19.7 Å². The highest BCUT2D eigenvalue weighted by Gasteiger charge is 2.34. The molecule has 1 amide bonds. The summed E-state index contributed by atoms with van der Waals surface area (Å²) in [4.78, 5) is 21.8. The lowest BCUT2D eigenvalue weighted by Crippen LogP contribution is -2.38. The Labute approximate surface area is 178 Å². The third kappa shape index (κ3) is 4.18. The van der Waals surface area contributed by atoms with Crippen molar-refractivity contribution >= 4 is 23.7 Å². The smallest absolute Gasteiger partial charge is 0.282 e. The quantitative estimate of drug-likeness (QED) is 0.705. The van der Waals surface area contributed by atoms with E-state index in [9.17, 15) is 9.18 Å². The number of carbonyl (C=O) groups is 1. The van der Waals surface area contributed by atoms with Crippen LogP contribution in [-0.2, 0) is 16.2 Å². The Hall–Kier alpha value is -3.94. The molecule has 2 aromatic rings. The molecule has 31 heavy (non-hydrogen) atoms. The molecule has 7 nitrogen and oxygen atoms in total. The molecule has 0 saturated carbocycles. The summed E-state index contributed by atoms with van der Waals surface area (Å²) in [6.45, 7) is 4.00. The van der Waals surface area contributed by atoms with Crippen molar-refractivity contribution in [2.45, 2.75) is 20.5 Å². The van der Waals surface area contributed by atoms with E-state index in [2.05, 4.69) is 4.99 Å². The van der Waals surface area contributed by atoms with Gasteiger partial charge in [0.1, 0.15) is 18.2 Å². The topological polar surface area (TPSA) is 84.2 Å². The predicted octanol–water partition coefficient (Wildman–Crippen LogP) is 4.25. The second-order valence-corrected chi connectivity index (χ2v) is 6.84. The second kappa shape index (κ2) is 8.43. The zero-order chi connectivity index (χ0) is 22.0. The van der Waals surface area contributed by atoms with Crippen molar-refractivity contribution in [2.24, 2.45) is 4.99 Å². The van der Waals surface area contributed by atoms with Gasteiger partial charge in [0.25, 0.3) is 5.91 Å².